The SMILES string of the molecule is CCCCCNC(C(=O)OC)c1ccc(OCC)cc1. The Kier molecular flexibility index (Phi) is 7.73. The molecule has 0 radical (unpaired) electrons. The molecule has 20 heavy (non-hydrogen) atoms. The molecular formula is C16H25NO3. The molecule has 1 unspecified atom stereocenters. The van der Waals surface area contributed by atoms with Gasteiger partial charge in [-0.3, -0.25) is 0 Å². The molecule has 0 aliphatic carbocycles. The second-order valence-corrected chi connectivity index (χ2v) is 4.62. The molecule has 0 aliphatic rings. The maximum Gasteiger partial charge on any atom is 0.327 e. The first-order valence-electron chi connectivity index (χ1n) is 7.26. The third-order valence-electron chi connectivity index (χ3n) is 3.09. The lowest BCUT2D eigenvalue weighted by molar-refractivity contribution is -0.143. The van der Waals surface area contributed by atoms with E-state index in [2.05, 4.69) is 12.2 Å². The third kappa shape index (κ3) is 5.21. The average molecular weight is 279 g/mol. The zero-order chi connectivity index (χ0) is 14.8. The summed E-state index contributed by atoms with van der Waals surface area (Å²) < 4.78 is 10.3. The normalized spacial score (nSPS) is 11.9. The summed E-state index contributed by atoms with van der Waals surface area (Å²) in [5.41, 5.74) is 0.900. The lowest BCUT2D eigenvalue weighted by atomic mass is 10.1. The van der Waals surface area contributed by atoms with Gasteiger partial charge in [-0.05, 0) is 37.6 Å². The average Bonchev–Trinajstić information content (AvgIpc) is 2.48. The molecular weight excluding hydrogens is 254 g/mol. The fourth-order valence-corrected chi connectivity index (χ4v) is 2.00. The van der Waals surface area contributed by atoms with Crippen molar-refractivity contribution in [3.8, 4) is 5.75 Å². The van der Waals surface area contributed by atoms with E-state index in [1.165, 1.54) is 7.11 Å². The highest BCUT2D eigenvalue weighted by Gasteiger charge is 2.20. The van der Waals surface area contributed by atoms with Crippen LogP contribution in [0.4, 0.5) is 0 Å². The number of methoxy groups -OCH3 is 1. The van der Waals surface area contributed by atoms with E-state index in [-0.39, 0.29) is 5.97 Å². The summed E-state index contributed by atoms with van der Waals surface area (Å²) in [6.07, 6.45) is 3.37. The molecule has 1 rings (SSSR count). The molecule has 0 spiro atoms. The van der Waals surface area contributed by atoms with Gasteiger partial charge in [0.25, 0.3) is 0 Å². The number of nitrogens with one attached hydrogen (secondary N) is 1. The van der Waals surface area contributed by atoms with Crippen LogP contribution in [0.3, 0.4) is 0 Å². The minimum Gasteiger partial charge on any atom is -0.494 e. The zero-order valence-electron chi connectivity index (χ0n) is 12.6. The van der Waals surface area contributed by atoms with Crippen molar-refractivity contribution < 1.29 is 14.3 Å². The van der Waals surface area contributed by atoms with E-state index < -0.39 is 6.04 Å². The maximum atomic E-state index is 11.9. The lowest BCUT2D eigenvalue weighted by Crippen LogP contribution is -2.30. The van der Waals surface area contributed by atoms with Crippen LogP contribution in [0.5, 0.6) is 5.75 Å². The predicted octanol–water partition coefficient (Wildman–Crippen LogP) is 3.08. The first-order valence-corrected chi connectivity index (χ1v) is 7.26. The van der Waals surface area contributed by atoms with Gasteiger partial charge in [-0.15, -0.1) is 0 Å². The van der Waals surface area contributed by atoms with Crippen molar-refractivity contribution in [2.24, 2.45) is 0 Å². The predicted molar refractivity (Wildman–Crippen MR) is 79.9 cm³/mol. The van der Waals surface area contributed by atoms with Crippen molar-refractivity contribution in [3.63, 3.8) is 0 Å². The smallest absolute Gasteiger partial charge is 0.327 e. The fourth-order valence-electron chi connectivity index (χ4n) is 2.00. The Balaban J connectivity index is 2.68. The minimum atomic E-state index is -0.410. The van der Waals surface area contributed by atoms with E-state index in [9.17, 15) is 4.79 Å². The van der Waals surface area contributed by atoms with Crippen LogP contribution >= 0.6 is 0 Å². The van der Waals surface area contributed by atoms with Crippen molar-refractivity contribution in [3.05, 3.63) is 29.8 Å². The Morgan fingerprint density at radius 3 is 2.45 bits per heavy atom. The minimum absolute atomic E-state index is 0.259. The van der Waals surface area contributed by atoms with E-state index in [0.717, 1.165) is 37.1 Å². The van der Waals surface area contributed by atoms with Gasteiger partial charge in [0, 0.05) is 0 Å². The highest BCUT2D eigenvalue weighted by atomic mass is 16.5. The Morgan fingerprint density at radius 1 is 1.20 bits per heavy atom. The summed E-state index contributed by atoms with van der Waals surface area (Å²) in [5.74, 6) is 0.552. The lowest BCUT2D eigenvalue weighted by Gasteiger charge is -2.17. The fraction of sp³-hybridized carbons (Fsp3) is 0.562. The summed E-state index contributed by atoms with van der Waals surface area (Å²) in [7, 11) is 1.41. The van der Waals surface area contributed by atoms with Crippen molar-refractivity contribution in [2.75, 3.05) is 20.3 Å². The molecule has 0 fully saturated rings. The highest BCUT2D eigenvalue weighted by molar-refractivity contribution is 5.77. The first-order chi connectivity index (χ1) is 9.72. The van der Waals surface area contributed by atoms with Crippen LogP contribution in [0.1, 0.15) is 44.7 Å². The molecule has 112 valence electrons. The molecule has 1 N–H and O–H groups in total. The van der Waals surface area contributed by atoms with Crippen LogP contribution in [0.25, 0.3) is 0 Å². The van der Waals surface area contributed by atoms with Crippen LogP contribution in [-0.2, 0) is 9.53 Å². The van der Waals surface area contributed by atoms with Crippen molar-refractivity contribution >= 4 is 5.97 Å². The molecule has 4 heteroatoms. The highest BCUT2D eigenvalue weighted by Crippen LogP contribution is 2.19. The topological polar surface area (TPSA) is 47.6 Å². The monoisotopic (exact) mass is 279 g/mol. The Labute approximate surface area is 121 Å². The van der Waals surface area contributed by atoms with Gasteiger partial charge < -0.3 is 14.8 Å². The number of ether oxygens (including phenoxy) is 2. The number of rotatable bonds is 9. The molecule has 1 aromatic rings. The summed E-state index contributed by atoms with van der Waals surface area (Å²) >= 11 is 0. The third-order valence-corrected chi connectivity index (χ3v) is 3.09. The van der Waals surface area contributed by atoms with Gasteiger partial charge in [0.15, 0.2) is 0 Å². The number of benzene rings is 1. The first kappa shape index (κ1) is 16.5. The van der Waals surface area contributed by atoms with Gasteiger partial charge in [-0.2, -0.15) is 0 Å². The molecule has 0 heterocycles. The summed E-state index contributed by atoms with van der Waals surface area (Å²) in [5, 5.41) is 3.26. The molecule has 0 saturated carbocycles. The van der Waals surface area contributed by atoms with Gasteiger partial charge in [0.05, 0.1) is 13.7 Å². The number of carbonyl (C=O) groups is 1. The van der Waals surface area contributed by atoms with Gasteiger partial charge >= 0.3 is 5.97 Å². The Morgan fingerprint density at radius 2 is 1.90 bits per heavy atom. The van der Waals surface area contributed by atoms with Crippen molar-refractivity contribution in [1.82, 2.24) is 5.32 Å². The number of hydrogen-bond donors (Lipinski definition) is 1. The van der Waals surface area contributed by atoms with Gasteiger partial charge in [-0.25, -0.2) is 4.79 Å². The molecule has 0 aliphatic heterocycles. The van der Waals surface area contributed by atoms with E-state index >= 15 is 0 Å². The maximum absolute atomic E-state index is 11.9. The molecule has 4 nitrogen and oxygen atoms in total. The van der Waals surface area contributed by atoms with Crippen LogP contribution < -0.4 is 10.1 Å². The molecule has 0 bridgehead atoms. The van der Waals surface area contributed by atoms with Gasteiger partial charge in [0.2, 0.25) is 0 Å². The van der Waals surface area contributed by atoms with Crippen LogP contribution in [-0.4, -0.2) is 26.2 Å². The molecule has 1 atom stereocenters. The summed E-state index contributed by atoms with van der Waals surface area (Å²) in [6, 6.07) is 7.15. The van der Waals surface area contributed by atoms with Crippen LogP contribution in [0.15, 0.2) is 24.3 Å². The van der Waals surface area contributed by atoms with Gasteiger partial charge in [0.1, 0.15) is 11.8 Å². The van der Waals surface area contributed by atoms with E-state index in [1.807, 2.05) is 31.2 Å². The number of carbonyl (C=O) groups excluding carboxylic acids is 1. The quantitative estimate of drug-likeness (QED) is 0.557. The van der Waals surface area contributed by atoms with Gasteiger partial charge in [-0.1, -0.05) is 31.9 Å². The van der Waals surface area contributed by atoms with E-state index in [1.54, 1.807) is 0 Å². The van der Waals surface area contributed by atoms with E-state index in [4.69, 9.17) is 9.47 Å². The zero-order valence-corrected chi connectivity index (χ0v) is 12.6. The van der Waals surface area contributed by atoms with E-state index in [0.29, 0.717) is 6.61 Å². The van der Waals surface area contributed by atoms with Crippen LogP contribution in [0, 0.1) is 0 Å². The Hall–Kier alpha value is -1.55. The van der Waals surface area contributed by atoms with Crippen molar-refractivity contribution in [1.29, 1.82) is 0 Å². The molecule has 0 amide bonds. The number of esters is 1. The molecule has 0 saturated heterocycles. The second-order valence-electron chi connectivity index (χ2n) is 4.62. The molecule has 0 aromatic heterocycles. The second kappa shape index (κ2) is 9.37. The number of unbranched alkanes of at least 4 members (excludes halogenated alkanes) is 2. The number of hydrogen-bond acceptors (Lipinski definition) is 4. The Bertz CT molecular complexity index is 389. The molecule has 1 aromatic carbocycles. The summed E-state index contributed by atoms with van der Waals surface area (Å²) in [6.45, 7) is 5.54. The summed E-state index contributed by atoms with van der Waals surface area (Å²) in [4.78, 5) is 11.9. The van der Waals surface area contributed by atoms with Crippen LogP contribution in [0.2, 0.25) is 0 Å². The standard InChI is InChI=1S/C16H25NO3/c1-4-6-7-12-17-15(16(18)19-3)13-8-10-14(11-9-13)20-5-2/h8-11,15,17H,4-7,12H2,1-3H3. The van der Waals surface area contributed by atoms with Crippen molar-refractivity contribution in [2.45, 2.75) is 39.2 Å². The largest absolute Gasteiger partial charge is 0.494 e.